The molecule has 0 spiro atoms. The highest BCUT2D eigenvalue weighted by atomic mass is 16.2. The van der Waals surface area contributed by atoms with E-state index in [9.17, 15) is 4.79 Å². The van der Waals surface area contributed by atoms with Gasteiger partial charge in [-0.15, -0.1) is 0 Å². The first-order valence-electron chi connectivity index (χ1n) is 7.56. The molecule has 0 aromatic heterocycles. The predicted octanol–water partition coefficient (Wildman–Crippen LogP) is 4.14. The molecule has 100 valence electrons. The van der Waals surface area contributed by atoms with E-state index >= 15 is 0 Å². The van der Waals surface area contributed by atoms with E-state index in [1.54, 1.807) is 6.92 Å². The number of rotatable bonds is 0. The van der Waals surface area contributed by atoms with Crippen molar-refractivity contribution >= 4 is 5.91 Å². The van der Waals surface area contributed by atoms with E-state index in [1.165, 1.54) is 70.6 Å². The van der Waals surface area contributed by atoms with Crippen molar-refractivity contribution in [3.63, 3.8) is 0 Å². The Morgan fingerprint density at radius 3 is 1.24 bits per heavy atom. The molecule has 0 aliphatic carbocycles. The summed E-state index contributed by atoms with van der Waals surface area (Å²) in [5, 5.41) is 0. The molecule has 17 heavy (non-hydrogen) atoms. The quantitative estimate of drug-likeness (QED) is 0.622. The lowest BCUT2D eigenvalue weighted by Crippen LogP contribution is -2.30. The van der Waals surface area contributed by atoms with Crippen LogP contribution >= 0.6 is 0 Å². The molecule has 2 nitrogen and oxygen atoms in total. The molecule has 0 N–H and O–H groups in total. The van der Waals surface area contributed by atoms with E-state index in [4.69, 9.17) is 0 Å². The Bertz CT molecular complexity index is 189. The van der Waals surface area contributed by atoms with Gasteiger partial charge in [0.1, 0.15) is 0 Å². The van der Waals surface area contributed by atoms with Gasteiger partial charge in [-0.3, -0.25) is 4.79 Å². The van der Waals surface area contributed by atoms with Crippen molar-refractivity contribution in [2.45, 2.75) is 77.6 Å². The van der Waals surface area contributed by atoms with Crippen LogP contribution in [0.2, 0.25) is 0 Å². The minimum absolute atomic E-state index is 0.261. The highest BCUT2D eigenvalue weighted by molar-refractivity contribution is 5.73. The van der Waals surface area contributed by atoms with Crippen LogP contribution in [0.4, 0.5) is 0 Å². The molecule has 0 atom stereocenters. The SMILES string of the molecule is CC(=O)N1CCCCCCCCCCCCC1. The summed E-state index contributed by atoms with van der Waals surface area (Å²) in [6.07, 6.45) is 14.7. The van der Waals surface area contributed by atoms with Crippen LogP contribution in [0.5, 0.6) is 0 Å². The minimum Gasteiger partial charge on any atom is -0.343 e. The van der Waals surface area contributed by atoms with Crippen LogP contribution in [0.3, 0.4) is 0 Å². The number of nitrogens with zero attached hydrogens (tertiary/aromatic N) is 1. The zero-order chi connectivity index (χ0) is 12.3. The summed E-state index contributed by atoms with van der Waals surface area (Å²) in [6.45, 7) is 3.67. The van der Waals surface area contributed by atoms with Gasteiger partial charge in [0.25, 0.3) is 0 Å². The summed E-state index contributed by atoms with van der Waals surface area (Å²) in [7, 11) is 0. The molecule has 1 fully saturated rings. The lowest BCUT2D eigenvalue weighted by molar-refractivity contribution is -0.129. The fraction of sp³-hybridized carbons (Fsp3) is 0.933. The molecule has 0 bridgehead atoms. The number of carbonyl (C=O) groups is 1. The van der Waals surface area contributed by atoms with Crippen molar-refractivity contribution in [1.82, 2.24) is 4.90 Å². The summed E-state index contributed by atoms with van der Waals surface area (Å²) in [5.41, 5.74) is 0. The van der Waals surface area contributed by atoms with Gasteiger partial charge < -0.3 is 4.90 Å². The topological polar surface area (TPSA) is 20.3 Å². The smallest absolute Gasteiger partial charge is 0.219 e. The van der Waals surface area contributed by atoms with E-state index in [0.29, 0.717) is 0 Å². The van der Waals surface area contributed by atoms with Gasteiger partial charge in [0, 0.05) is 20.0 Å². The first kappa shape index (κ1) is 14.5. The number of hydrogen-bond acceptors (Lipinski definition) is 1. The number of carbonyl (C=O) groups excluding carboxylic acids is 1. The zero-order valence-electron chi connectivity index (χ0n) is 11.5. The van der Waals surface area contributed by atoms with Crippen molar-refractivity contribution in [3.8, 4) is 0 Å². The van der Waals surface area contributed by atoms with Crippen LogP contribution in [-0.4, -0.2) is 23.9 Å². The maximum Gasteiger partial charge on any atom is 0.219 e. The van der Waals surface area contributed by atoms with Gasteiger partial charge in [-0.05, 0) is 12.8 Å². The normalized spacial score (nSPS) is 21.8. The molecular weight excluding hydrogens is 210 g/mol. The van der Waals surface area contributed by atoms with Gasteiger partial charge in [-0.25, -0.2) is 0 Å². The monoisotopic (exact) mass is 239 g/mol. The van der Waals surface area contributed by atoms with Crippen molar-refractivity contribution in [3.05, 3.63) is 0 Å². The maximum absolute atomic E-state index is 11.5. The van der Waals surface area contributed by atoms with Gasteiger partial charge in [-0.2, -0.15) is 0 Å². The summed E-state index contributed by atoms with van der Waals surface area (Å²) < 4.78 is 0. The van der Waals surface area contributed by atoms with Crippen LogP contribution in [0.25, 0.3) is 0 Å². The fourth-order valence-corrected chi connectivity index (χ4v) is 2.62. The van der Waals surface area contributed by atoms with Crippen molar-refractivity contribution in [1.29, 1.82) is 0 Å². The van der Waals surface area contributed by atoms with Crippen molar-refractivity contribution in [2.75, 3.05) is 13.1 Å². The van der Waals surface area contributed by atoms with Crippen molar-refractivity contribution < 1.29 is 4.79 Å². The van der Waals surface area contributed by atoms with Crippen molar-refractivity contribution in [2.24, 2.45) is 0 Å². The van der Waals surface area contributed by atoms with Crippen LogP contribution in [0.1, 0.15) is 77.6 Å². The molecule has 0 aromatic carbocycles. The van der Waals surface area contributed by atoms with Gasteiger partial charge in [0.15, 0.2) is 0 Å². The maximum atomic E-state index is 11.5. The first-order chi connectivity index (χ1) is 8.30. The van der Waals surface area contributed by atoms with Crippen LogP contribution in [-0.2, 0) is 4.79 Å². The molecule has 1 heterocycles. The lowest BCUT2D eigenvalue weighted by atomic mass is 10.0. The molecule has 1 aliphatic rings. The molecule has 1 aliphatic heterocycles. The lowest BCUT2D eigenvalue weighted by Gasteiger charge is -2.21. The second kappa shape index (κ2) is 9.49. The van der Waals surface area contributed by atoms with Crippen LogP contribution in [0.15, 0.2) is 0 Å². The minimum atomic E-state index is 0.261. The molecular formula is C15H29NO. The van der Waals surface area contributed by atoms with Gasteiger partial charge >= 0.3 is 0 Å². The third-order valence-electron chi connectivity index (χ3n) is 3.80. The molecule has 2 heteroatoms. The second-order valence-electron chi connectivity index (χ2n) is 5.40. The zero-order valence-corrected chi connectivity index (χ0v) is 11.5. The van der Waals surface area contributed by atoms with E-state index in [0.717, 1.165) is 13.1 Å². The summed E-state index contributed by atoms with van der Waals surface area (Å²) in [6, 6.07) is 0. The fourth-order valence-electron chi connectivity index (χ4n) is 2.62. The Balaban J connectivity index is 2.26. The van der Waals surface area contributed by atoms with E-state index in [2.05, 4.69) is 0 Å². The van der Waals surface area contributed by atoms with E-state index < -0.39 is 0 Å². The third kappa shape index (κ3) is 7.40. The van der Waals surface area contributed by atoms with E-state index in [-0.39, 0.29) is 5.91 Å². The molecule has 1 amide bonds. The first-order valence-corrected chi connectivity index (χ1v) is 7.56. The van der Waals surface area contributed by atoms with Gasteiger partial charge in [-0.1, -0.05) is 57.8 Å². The van der Waals surface area contributed by atoms with Crippen LogP contribution in [0, 0.1) is 0 Å². The largest absolute Gasteiger partial charge is 0.343 e. The molecule has 0 unspecified atom stereocenters. The Morgan fingerprint density at radius 2 is 0.941 bits per heavy atom. The number of hydrogen-bond donors (Lipinski definition) is 0. The summed E-state index contributed by atoms with van der Waals surface area (Å²) >= 11 is 0. The van der Waals surface area contributed by atoms with Crippen LogP contribution < -0.4 is 0 Å². The average molecular weight is 239 g/mol. The Hall–Kier alpha value is -0.530. The summed E-state index contributed by atoms with van der Waals surface area (Å²) in [4.78, 5) is 13.5. The molecule has 0 aromatic rings. The standard InChI is InChI=1S/C15H29NO/c1-15(17)16-13-11-9-7-5-3-2-4-6-8-10-12-14-16/h2-14H2,1H3. The van der Waals surface area contributed by atoms with Gasteiger partial charge in [0.05, 0.1) is 0 Å². The highest BCUT2D eigenvalue weighted by Gasteiger charge is 2.07. The van der Waals surface area contributed by atoms with E-state index in [1.807, 2.05) is 4.90 Å². The molecule has 1 saturated heterocycles. The average Bonchev–Trinajstić information content (AvgIpc) is 2.31. The predicted molar refractivity (Wildman–Crippen MR) is 73.0 cm³/mol. The molecule has 0 radical (unpaired) electrons. The Morgan fingerprint density at radius 1 is 0.647 bits per heavy atom. The Labute approximate surface area is 107 Å². The molecule has 1 rings (SSSR count). The number of amides is 1. The third-order valence-corrected chi connectivity index (χ3v) is 3.80. The van der Waals surface area contributed by atoms with Gasteiger partial charge in [0.2, 0.25) is 5.91 Å². The Kier molecular flexibility index (Phi) is 8.12. The summed E-state index contributed by atoms with van der Waals surface area (Å²) in [5.74, 6) is 0.261. The highest BCUT2D eigenvalue weighted by Crippen LogP contribution is 2.13. The second-order valence-corrected chi connectivity index (χ2v) is 5.40. The molecule has 0 saturated carbocycles.